The highest BCUT2D eigenvalue weighted by Gasteiger charge is 2.22. The molecule has 0 aromatic heterocycles. The van der Waals surface area contributed by atoms with Crippen LogP contribution in [0.4, 0.5) is 0 Å². The van der Waals surface area contributed by atoms with Crippen molar-refractivity contribution in [2.45, 2.75) is 57.2 Å². The topological polar surface area (TPSA) is 50.4 Å². The molecule has 5 heteroatoms. The highest BCUT2D eigenvalue weighted by atomic mass is 35.5. The smallest absolute Gasteiger partial charge is 0.237 e. The number of benzene rings is 1. The zero-order chi connectivity index (χ0) is 14.5. The monoisotopic (exact) mass is 324 g/mol. The number of nitrogens with one attached hydrogen (secondary N) is 2. The van der Waals surface area contributed by atoms with Crippen LogP contribution in [-0.2, 0) is 11.3 Å². The molecule has 0 spiro atoms. The van der Waals surface area contributed by atoms with Gasteiger partial charge in [0.1, 0.15) is 5.75 Å². The maximum Gasteiger partial charge on any atom is 0.237 e. The van der Waals surface area contributed by atoms with E-state index in [4.69, 9.17) is 4.74 Å². The van der Waals surface area contributed by atoms with E-state index in [1.165, 1.54) is 12.8 Å². The predicted octanol–water partition coefficient (Wildman–Crippen LogP) is 2.80. The second-order valence-corrected chi connectivity index (χ2v) is 6.00. The molecular formula is C17H25ClN2O2. The van der Waals surface area contributed by atoms with E-state index in [0.717, 1.165) is 43.5 Å². The Labute approximate surface area is 138 Å². The van der Waals surface area contributed by atoms with Crippen LogP contribution in [0.2, 0.25) is 0 Å². The molecule has 0 bridgehead atoms. The Kier molecular flexibility index (Phi) is 6.52. The summed E-state index contributed by atoms with van der Waals surface area (Å²) in [6, 6.07) is 8.01. The lowest BCUT2D eigenvalue weighted by molar-refractivity contribution is -0.122. The van der Waals surface area contributed by atoms with Crippen molar-refractivity contribution in [3.63, 3.8) is 0 Å². The average Bonchev–Trinajstić information content (AvgIpc) is 3.19. The molecule has 1 atom stereocenters. The molecule has 1 aliphatic carbocycles. The van der Waals surface area contributed by atoms with Gasteiger partial charge in [-0.2, -0.15) is 0 Å². The van der Waals surface area contributed by atoms with Gasteiger partial charge in [0, 0.05) is 12.1 Å². The van der Waals surface area contributed by atoms with Gasteiger partial charge in [-0.15, -0.1) is 12.4 Å². The van der Waals surface area contributed by atoms with Crippen LogP contribution in [0.15, 0.2) is 24.3 Å². The highest BCUT2D eigenvalue weighted by molar-refractivity contribution is 5.85. The molecule has 22 heavy (non-hydrogen) atoms. The van der Waals surface area contributed by atoms with Crippen molar-refractivity contribution >= 4 is 18.3 Å². The van der Waals surface area contributed by atoms with Gasteiger partial charge in [0.2, 0.25) is 5.91 Å². The van der Waals surface area contributed by atoms with Crippen LogP contribution in [0.25, 0.3) is 0 Å². The van der Waals surface area contributed by atoms with E-state index in [2.05, 4.69) is 10.6 Å². The second-order valence-electron chi connectivity index (χ2n) is 6.00. The predicted molar refractivity (Wildman–Crippen MR) is 89.4 cm³/mol. The molecule has 0 radical (unpaired) electrons. The van der Waals surface area contributed by atoms with Crippen molar-refractivity contribution < 1.29 is 9.53 Å². The molecule has 2 fully saturated rings. The molecule has 2 N–H and O–H groups in total. The minimum Gasteiger partial charge on any atom is -0.490 e. The molecule has 1 amide bonds. The molecule has 2 aliphatic rings. The Hall–Kier alpha value is -1.26. The van der Waals surface area contributed by atoms with Crippen molar-refractivity contribution in [3.8, 4) is 5.75 Å². The minimum atomic E-state index is -0.0205. The SMILES string of the molecule is Cl.O=C(NCc1ccccc1OC1CCCC1)[C@@H]1CCCN1. The molecule has 1 saturated heterocycles. The summed E-state index contributed by atoms with van der Waals surface area (Å²) in [5.41, 5.74) is 1.07. The van der Waals surface area contributed by atoms with Crippen molar-refractivity contribution in [1.29, 1.82) is 0 Å². The lowest BCUT2D eigenvalue weighted by atomic mass is 10.1. The molecule has 1 aliphatic heterocycles. The fraction of sp³-hybridized carbons (Fsp3) is 0.588. The Bertz CT molecular complexity index is 483. The third-order valence-corrected chi connectivity index (χ3v) is 4.40. The van der Waals surface area contributed by atoms with E-state index >= 15 is 0 Å². The molecule has 3 rings (SSSR count). The van der Waals surface area contributed by atoms with Gasteiger partial charge in [0.15, 0.2) is 0 Å². The van der Waals surface area contributed by atoms with E-state index in [-0.39, 0.29) is 24.4 Å². The van der Waals surface area contributed by atoms with E-state index in [9.17, 15) is 4.79 Å². The molecule has 1 heterocycles. The van der Waals surface area contributed by atoms with E-state index in [0.29, 0.717) is 12.6 Å². The maximum absolute atomic E-state index is 12.1. The number of halogens is 1. The van der Waals surface area contributed by atoms with Crippen LogP contribution in [0, 0.1) is 0 Å². The Balaban J connectivity index is 0.00000176. The fourth-order valence-electron chi connectivity index (χ4n) is 3.16. The third kappa shape index (κ3) is 4.37. The summed E-state index contributed by atoms with van der Waals surface area (Å²) >= 11 is 0. The average molecular weight is 325 g/mol. The number of rotatable bonds is 5. The first-order chi connectivity index (χ1) is 10.3. The molecular weight excluding hydrogens is 300 g/mol. The molecule has 1 aromatic rings. The Morgan fingerprint density at radius 3 is 2.68 bits per heavy atom. The van der Waals surface area contributed by atoms with Crippen molar-refractivity contribution in [2.24, 2.45) is 0 Å². The van der Waals surface area contributed by atoms with Gasteiger partial charge in [-0.1, -0.05) is 18.2 Å². The van der Waals surface area contributed by atoms with Gasteiger partial charge >= 0.3 is 0 Å². The second kappa shape index (κ2) is 8.39. The van der Waals surface area contributed by atoms with Crippen molar-refractivity contribution in [1.82, 2.24) is 10.6 Å². The number of para-hydroxylation sites is 1. The Morgan fingerprint density at radius 2 is 1.95 bits per heavy atom. The van der Waals surface area contributed by atoms with Crippen LogP contribution < -0.4 is 15.4 Å². The number of hydrogen-bond donors (Lipinski definition) is 2. The minimum absolute atomic E-state index is 0. The zero-order valence-electron chi connectivity index (χ0n) is 12.8. The van der Waals surface area contributed by atoms with Gasteiger partial charge < -0.3 is 15.4 Å². The van der Waals surface area contributed by atoms with Crippen LogP contribution in [0.3, 0.4) is 0 Å². The number of carbonyl (C=O) groups excluding carboxylic acids is 1. The summed E-state index contributed by atoms with van der Waals surface area (Å²) < 4.78 is 6.10. The van der Waals surface area contributed by atoms with Crippen LogP contribution in [-0.4, -0.2) is 24.6 Å². The van der Waals surface area contributed by atoms with Crippen LogP contribution in [0.1, 0.15) is 44.1 Å². The van der Waals surface area contributed by atoms with Gasteiger partial charge in [0.05, 0.1) is 12.1 Å². The molecule has 122 valence electrons. The fourth-order valence-corrected chi connectivity index (χ4v) is 3.16. The first-order valence-corrected chi connectivity index (χ1v) is 8.08. The number of carbonyl (C=O) groups is 1. The van der Waals surface area contributed by atoms with Gasteiger partial charge in [-0.25, -0.2) is 0 Å². The summed E-state index contributed by atoms with van der Waals surface area (Å²) in [4.78, 5) is 12.1. The van der Waals surface area contributed by atoms with Gasteiger partial charge in [-0.3, -0.25) is 4.79 Å². The molecule has 1 saturated carbocycles. The lowest BCUT2D eigenvalue weighted by Gasteiger charge is -2.17. The van der Waals surface area contributed by atoms with Crippen molar-refractivity contribution in [2.75, 3.05) is 6.54 Å². The number of ether oxygens (including phenoxy) is 1. The lowest BCUT2D eigenvalue weighted by Crippen LogP contribution is -2.40. The summed E-state index contributed by atoms with van der Waals surface area (Å²) in [6.45, 7) is 1.49. The summed E-state index contributed by atoms with van der Waals surface area (Å²) in [5.74, 6) is 1.02. The third-order valence-electron chi connectivity index (χ3n) is 4.40. The first kappa shape index (κ1) is 17.1. The van der Waals surface area contributed by atoms with E-state index in [1.807, 2.05) is 24.3 Å². The van der Waals surface area contributed by atoms with Crippen molar-refractivity contribution in [3.05, 3.63) is 29.8 Å². The van der Waals surface area contributed by atoms with E-state index < -0.39 is 0 Å². The van der Waals surface area contributed by atoms with Crippen LogP contribution >= 0.6 is 12.4 Å². The largest absolute Gasteiger partial charge is 0.490 e. The standard InChI is InChI=1S/C17H24N2O2.ClH/c20-17(15-9-5-11-18-15)19-12-13-6-1-4-10-16(13)21-14-7-2-3-8-14;/h1,4,6,10,14-15,18H,2-3,5,7-9,11-12H2,(H,19,20);1H/t15-;/m0./s1. The summed E-state index contributed by atoms with van der Waals surface area (Å²) in [5, 5.41) is 6.25. The zero-order valence-corrected chi connectivity index (χ0v) is 13.7. The summed E-state index contributed by atoms with van der Waals surface area (Å²) in [6.07, 6.45) is 7.18. The number of hydrogen-bond acceptors (Lipinski definition) is 3. The molecule has 0 unspecified atom stereocenters. The normalized spacial score (nSPS) is 21.4. The van der Waals surface area contributed by atoms with Gasteiger partial charge in [-0.05, 0) is 51.1 Å². The van der Waals surface area contributed by atoms with Crippen LogP contribution in [0.5, 0.6) is 5.75 Å². The quantitative estimate of drug-likeness (QED) is 0.875. The Morgan fingerprint density at radius 1 is 1.18 bits per heavy atom. The molecule has 4 nitrogen and oxygen atoms in total. The van der Waals surface area contributed by atoms with Gasteiger partial charge in [0.25, 0.3) is 0 Å². The summed E-state index contributed by atoms with van der Waals surface area (Å²) in [7, 11) is 0. The van der Waals surface area contributed by atoms with E-state index in [1.54, 1.807) is 0 Å². The number of amides is 1. The highest BCUT2D eigenvalue weighted by Crippen LogP contribution is 2.26. The first-order valence-electron chi connectivity index (χ1n) is 8.08. The molecule has 1 aromatic carbocycles. The maximum atomic E-state index is 12.1.